The molecule has 0 spiro atoms. The number of ketones is 2. The fourth-order valence-corrected chi connectivity index (χ4v) is 2.12. The number of hydrogen-bond acceptors (Lipinski definition) is 4. The molecule has 2 N–H and O–H groups in total. The molecule has 5 heteroatoms. The van der Waals surface area contributed by atoms with Gasteiger partial charge in [0.15, 0.2) is 0 Å². The van der Waals surface area contributed by atoms with Gasteiger partial charge >= 0.3 is 0 Å². The first-order valence-corrected chi connectivity index (χ1v) is 6.38. The predicted octanol–water partition coefficient (Wildman–Crippen LogP) is 1.25. The van der Waals surface area contributed by atoms with Gasteiger partial charge in [0.05, 0.1) is 5.70 Å². The fraction of sp³-hybridized carbons (Fsp3) is 0.267. The molecule has 0 bridgehead atoms. The molecule has 1 aromatic rings. The third kappa shape index (κ3) is 2.47. The topological polar surface area (TPSA) is 75.3 Å². The summed E-state index contributed by atoms with van der Waals surface area (Å²) >= 11 is 0. The van der Waals surface area contributed by atoms with Crippen molar-refractivity contribution in [3.05, 3.63) is 41.1 Å². The quantitative estimate of drug-likeness (QED) is 0.812. The molecule has 0 radical (unpaired) electrons. The van der Waals surface area contributed by atoms with Crippen molar-refractivity contribution < 1.29 is 14.4 Å². The first-order valence-electron chi connectivity index (χ1n) is 6.38. The van der Waals surface area contributed by atoms with Crippen LogP contribution in [0.2, 0.25) is 0 Å². The first-order chi connectivity index (χ1) is 9.41. The molecule has 2 rings (SSSR count). The zero-order valence-electron chi connectivity index (χ0n) is 11.6. The average Bonchev–Trinajstić information content (AvgIpc) is 2.39. The largest absolute Gasteiger partial charge is 0.381 e. The number of carbonyl (C=O) groups excluding carboxylic acids is 3. The molecule has 5 nitrogen and oxygen atoms in total. The van der Waals surface area contributed by atoms with Crippen molar-refractivity contribution >= 4 is 23.2 Å². The van der Waals surface area contributed by atoms with Crippen molar-refractivity contribution in [1.29, 1.82) is 0 Å². The van der Waals surface area contributed by atoms with E-state index in [9.17, 15) is 14.4 Å². The Morgan fingerprint density at radius 2 is 1.60 bits per heavy atom. The van der Waals surface area contributed by atoms with Gasteiger partial charge in [-0.15, -0.1) is 0 Å². The van der Waals surface area contributed by atoms with E-state index in [4.69, 9.17) is 0 Å². The van der Waals surface area contributed by atoms with E-state index in [1.54, 1.807) is 24.3 Å². The molecular weight excluding hydrogens is 256 g/mol. The summed E-state index contributed by atoms with van der Waals surface area (Å²) in [6.45, 7) is 5.14. The molecule has 0 fully saturated rings. The van der Waals surface area contributed by atoms with E-state index in [-0.39, 0.29) is 17.6 Å². The van der Waals surface area contributed by atoms with Gasteiger partial charge in [-0.1, -0.05) is 24.3 Å². The maximum atomic E-state index is 12.2. The van der Waals surface area contributed by atoms with Gasteiger partial charge in [0.1, 0.15) is 5.70 Å². The maximum Gasteiger partial charge on any atom is 0.251 e. The van der Waals surface area contributed by atoms with Crippen LogP contribution in [0.15, 0.2) is 30.0 Å². The molecule has 1 aliphatic rings. The molecule has 1 amide bonds. The van der Waals surface area contributed by atoms with Crippen LogP contribution in [0.5, 0.6) is 0 Å². The van der Waals surface area contributed by atoms with Crippen molar-refractivity contribution in [2.45, 2.75) is 26.8 Å². The van der Waals surface area contributed by atoms with Crippen molar-refractivity contribution in [3.63, 3.8) is 0 Å². The highest BCUT2D eigenvalue weighted by atomic mass is 16.2. The van der Waals surface area contributed by atoms with E-state index >= 15 is 0 Å². The molecule has 0 atom stereocenters. The van der Waals surface area contributed by atoms with Crippen LogP contribution in [-0.2, 0) is 9.59 Å². The highest BCUT2D eigenvalue weighted by Gasteiger charge is 2.33. The lowest BCUT2D eigenvalue weighted by Gasteiger charge is -2.24. The second-order valence-electron chi connectivity index (χ2n) is 4.93. The Bertz CT molecular complexity index is 630. The Labute approximate surface area is 117 Å². The van der Waals surface area contributed by atoms with Gasteiger partial charge in [-0.25, -0.2) is 0 Å². The minimum Gasteiger partial charge on any atom is -0.381 e. The normalized spacial score (nSPS) is 14.4. The summed E-state index contributed by atoms with van der Waals surface area (Å²) in [5, 5.41) is 5.60. The van der Waals surface area contributed by atoms with Crippen LogP contribution < -0.4 is 10.6 Å². The van der Waals surface area contributed by atoms with Gasteiger partial charge in [0, 0.05) is 24.1 Å². The van der Waals surface area contributed by atoms with E-state index in [2.05, 4.69) is 10.6 Å². The van der Waals surface area contributed by atoms with Crippen LogP contribution in [-0.4, -0.2) is 23.5 Å². The number of Topliss-reactive ketones (excluding diaryl/α,β-unsaturated/α-hetero) is 2. The summed E-state index contributed by atoms with van der Waals surface area (Å²) in [4.78, 5) is 35.5. The number of allylic oxidation sites excluding steroid dienone is 1. The molecule has 0 aromatic heterocycles. The lowest BCUT2D eigenvalue weighted by Crippen LogP contribution is -2.38. The fourth-order valence-electron chi connectivity index (χ4n) is 2.12. The number of fused-ring (bicyclic) bond motifs is 1. The lowest BCUT2D eigenvalue weighted by molar-refractivity contribution is -0.120. The van der Waals surface area contributed by atoms with Crippen molar-refractivity contribution in [2.75, 3.05) is 0 Å². The number of hydrogen-bond donors (Lipinski definition) is 2. The molecule has 0 saturated carbocycles. The van der Waals surface area contributed by atoms with Gasteiger partial charge in [-0.3, -0.25) is 14.4 Å². The Morgan fingerprint density at radius 3 is 2.15 bits per heavy atom. The average molecular weight is 272 g/mol. The Kier molecular flexibility index (Phi) is 3.70. The van der Waals surface area contributed by atoms with Crippen LogP contribution in [0.25, 0.3) is 5.70 Å². The highest BCUT2D eigenvalue weighted by molar-refractivity contribution is 6.52. The molecule has 0 saturated heterocycles. The van der Waals surface area contributed by atoms with Gasteiger partial charge in [0.2, 0.25) is 11.7 Å². The second-order valence-corrected chi connectivity index (χ2v) is 4.93. The standard InChI is InChI=1S/C15H16N2O3/c1-8(2)16-12-10-6-4-5-7-11(10)14(19)15(20)13(12)17-9(3)18/h4-8,16H,1-3H3,(H,17,18). The number of rotatable bonds is 3. The number of amides is 1. The zero-order chi connectivity index (χ0) is 14.9. The van der Waals surface area contributed by atoms with Crippen LogP contribution >= 0.6 is 0 Å². The molecule has 20 heavy (non-hydrogen) atoms. The third-order valence-corrected chi connectivity index (χ3v) is 2.86. The van der Waals surface area contributed by atoms with Gasteiger partial charge in [0.25, 0.3) is 5.78 Å². The summed E-state index contributed by atoms with van der Waals surface area (Å²) in [6, 6.07) is 6.92. The van der Waals surface area contributed by atoms with Crippen LogP contribution in [0.1, 0.15) is 36.7 Å². The number of benzene rings is 1. The second kappa shape index (κ2) is 5.28. The van der Waals surface area contributed by atoms with Crippen molar-refractivity contribution in [2.24, 2.45) is 0 Å². The highest BCUT2D eigenvalue weighted by Crippen LogP contribution is 2.26. The summed E-state index contributed by atoms with van der Waals surface area (Å²) < 4.78 is 0. The number of nitrogens with one attached hydrogen (secondary N) is 2. The summed E-state index contributed by atoms with van der Waals surface area (Å²) in [6.07, 6.45) is 0. The summed E-state index contributed by atoms with van der Waals surface area (Å²) in [5.74, 6) is -1.68. The molecule has 0 heterocycles. The minimum absolute atomic E-state index is 0.0231. The summed E-state index contributed by atoms with van der Waals surface area (Å²) in [5.41, 5.74) is 1.51. The van der Waals surface area contributed by atoms with E-state index in [1.165, 1.54) is 6.92 Å². The molecule has 0 aliphatic heterocycles. The number of carbonyl (C=O) groups is 3. The van der Waals surface area contributed by atoms with E-state index in [1.807, 2.05) is 13.8 Å². The van der Waals surface area contributed by atoms with E-state index in [0.29, 0.717) is 16.8 Å². The van der Waals surface area contributed by atoms with Crippen LogP contribution in [0, 0.1) is 0 Å². The lowest BCUT2D eigenvalue weighted by atomic mass is 9.90. The molecular formula is C15H16N2O3. The SMILES string of the molecule is CC(=O)NC1=C(NC(C)C)c2ccccc2C(=O)C1=O. The zero-order valence-corrected chi connectivity index (χ0v) is 11.6. The monoisotopic (exact) mass is 272 g/mol. The van der Waals surface area contributed by atoms with Gasteiger partial charge < -0.3 is 10.6 Å². The van der Waals surface area contributed by atoms with E-state index < -0.39 is 11.6 Å². The molecule has 1 aliphatic carbocycles. The third-order valence-electron chi connectivity index (χ3n) is 2.86. The molecule has 1 aromatic carbocycles. The van der Waals surface area contributed by atoms with Crippen LogP contribution in [0.3, 0.4) is 0 Å². The van der Waals surface area contributed by atoms with Crippen LogP contribution in [0.4, 0.5) is 0 Å². The molecule has 104 valence electrons. The van der Waals surface area contributed by atoms with Gasteiger partial charge in [-0.05, 0) is 13.8 Å². The smallest absolute Gasteiger partial charge is 0.251 e. The predicted molar refractivity (Wildman–Crippen MR) is 74.8 cm³/mol. The maximum absolute atomic E-state index is 12.2. The Hall–Kier alpha value is -2.43. The van der Waals surface area contributed by atoms with Crippen molar-refractivity contribution in [1.82, 2.24) is 10.6 Å². The Morgan fingerprint density at radius 1 is 1.00 bits per heavy atom. The molecule has 0 unspecified atom stereocenters. The van der Waals surface area contributed by atoms with Crippen molar-refractivity contribution in [3.8, 4) is 0 Å². The van der Waals surface area contributed by atoms with E-state index in [0.717, 1.165) is 0 Å². The van der Waals surface area contributed by atoms with Gasteiger partial charge in [-0.2, -0.15) is 0 Å². The Balaban J connectivity index is 2.65. The minimum atomic E-state index is -0.693. The first kappa shape index (κ1) is 14.0. The summed E-state index contributed by atoms with van der Waals surface area (Å²) in [7, 11) is 0.